The van der Waals surface area contributed by atoms with Crippen LogP contribution in [0.15, 0.2) is 33.5 Å². The van der Waals surface area contributed by atoms with Gasteiger partial charge in [0.05, 0.1) is 6.61 Å². The minimum Gasteiger partial charge on any atom is -0.413 e. The molecule has 0 heterocycles. The summed E-state index contributed by atoms with van der Waals surface area (Å²) in [5, 5.41) is 0.284. The Kier molecular flexibility index (Phi) is 7.71. The van der Waals surface area contributed by atoms with E-state index in [0.717, 1.165) is 0 Å². The van der Waals surface area contributed by atoms with E-state index in [-0.39, 0.29) is 5.04 Å². The highest BCUT2D eigenvalue weighted by molar-refractivity contribution is 14.1. The molecule has 0 atom stereocenters. The van der Waals surface area contributed by atoms with E-state index < -0.39 is 8.32 Å². The average molecular weight is 378 g/mol. The summed E-state index contributed by atoms with van der Waals surface area (Å²) in [6.07, 6.45) is 6.43. The van der Waals surface area contributed by atoms with Gasteiger partial charge in [-0.05, 0) is 41.6 Å². The molecule has 0 saturated carbocycles. The molecule has 0 fully saturated rings. The van der Waals surface area contributed by atoms with Crippen LogP contribution in [0.3, 0.4) is 0 Å². The first-order chi connectivity index (χ1) is 8.10. The first-order valence-corrected chi connectivity index (χ1v) is 10.5. The van der Waals surface area contributed by atoms with Crippen LogP contribution in [0, 0.1) is 0 Å². The molecule has 0 spiro atoms. The zero-order valence-electron chi connectivity index (χ0n) is 12.8. The van der Waals surface area contributed by atoms with Crippen molar-refractivity contribution in [3.63, 3.8) is 0 Å². The topological polar surface area (TPSA) is 9.23 Å². The molecular formula is C15H27IOSi. The molecule has 0 unspecified atom stereocenters. The zero-order chi connectivity index (χ0) is 14.4. The Hall–Kier alpha value is 0.127. The van der Waals surface area contributed by atoms with Crippen molar-refractivity contribution >= 4 is 30.9 Å². The van der Waals surface area contributed by atoms with E-state index in [4.69, 9.17) is 4.43 Å². The lowest BCUT2D eigenvalue weighted by Gasteiger charge is -2.35. The summed E-state index contributed by atoms with van der Waals surface area (Å²) in [5.74, 6) is 0. The van der Waals surface area contributed by atoms with Crippen molar-refractivity contribution in [1.82, 2.24) is 0 Å². The highest BCUT2D eigenvalue weighted by Crippen LogP contribution is 2.36. The molecule has 0 aliphatic rings. The van der Waals surface area contributed by atoms with E-state index in [1.54, 1.807) is 0 Å². The maximum atomic E-state index is 6.08. The Bertz CT molecular complexity index is 346. The monoisotopic (exact) mass is 378 g/mol. The number of allylic oxidation sites excluding steroid dienone is 4. The van der Waals surface area contributed by atoms with Gasteiger partial charge < -0.3 is 4.43 Å². The van der Waals surface area contributed by atoms with Crippen molar-refractivity contribution < 1.29 is 4.43 Å². The highest BCUT2D eigenvalue weighted by atomic mass is 127. The normalized spacial score (nSPS) is 15.6. The van der Waals surface area contributed by atoms with Crippen LogP contribution in [0.2, 0.25) is 18.1 Å². The molecule has 0 aromatic heterocycles. The minimum atomic E-state index is -1.60. The second kappa shape index (κ2) is 7.65. The Morgan fingerprint density at radius 3 is 2.17 bits per heavy atom. The minimum absolute atomic E-state index is 0.284. The van der Waals surface area contributed by atoms with E-state index in [1.807, 2.05) is 0 Å². The number of hydrogen-bond donors (Lipinski definition) is 0. The summed E-state index contributed by atoms with van der Waals surface area (Å²) >= 11 is 2.26. The summed E-state index contributed by atoms with van der Waals surface area (Å²) in [5.41, 5.74) is 2.54. The van der Waals surface area contributed by atoms with Crippen LogP contribution < -0.4 is 0 Å². The first-order valence-electron chi connectivity index (χ1n) is 6.36. The van der Waals surface area contributed by atoms with Gasteiger partial charge in [-0.15, -0.1) is 0 Å². The van der Waals surface area contributed by atoms with Gasteiger partial charge in [0.2, 0.25) is 0 Å². The van der Waals surface area contributed by atoms with Crippen molar-refractivity contribution in [3.8, 4) is 0 Å². The zero-order valence-corrected chi connectivity index (χ0v) is 16.0. The molecule has 104 valence electrons. The molecule has 0 aliphatic heterocycles. The van der Waals surface area contributed by atoms with Gasteiger partial charge in [-0.25, -0.2) is 0 Å². The predicted molar refractivity (Wildman–Crippen MR) is 93.8 cm³/mol. The van der Waals surface area contributed by atoms with Crippen LogP contribution in [0.25, 0.3) is 0 Å². The first kappa shape index (κ1) is 18.1. The van der Waals surface area contributed by atoms with Crippen LogP contribution in [-0.4, -0.2) is 14.9 Å². The van der Waals surface area contributed by atoms with E-state index >= 15 is 0 Å². The largest absolute Gasteiger partial charge is 0.413 e. The van der Waals surface area contributed by atoms with E-state index in [2.05, 4.69) is 92.6 Å². The Labute approximate surface area is 128 Å². The van der Waals surface area contributed by atoms with Gasteiger partial charge in [0.15, 0.2) is 8.32 Å². The Morgan fingerprint density at radius 2 is 1.72 bits per heavy atom. The second-order valence-corrected chi connectivity index (χ2v) is 11.6. The molecule has 1 nitrogen and oxygen atoms in total. The van der Waals surface area contributed by atoms with Gasteiger partial charge in [-0.1, -0.05) is 67.2 Å². The quantitative estimate of drug-likeness (QED) is 0.331. The SMILES string of the molecule is CC(=C/C(C)=C/I)/C=C/CO[Si](C)(C)C(C)(C)C. The van der Waals surface area contributed by atoms with Gasteiger partial charge in [-0.2, -0.15) is 0 Å². The van der Waals surface area contributed by atoms with Crippen LogP contribution >= 0.6 is 22.6 Å². The summed E-state index contributed by atoms with van der Waals surface area (Å²) in [4.78, 5) is 0. The fourth-order valence-corrected chi connectivity index (χ4v) is 2.27. The maximum Gasteiger partial charge on any atom is 0.192 e. The third-order valence-electron chi connectivity index (χ3n) is 3.35. The molecule has 0 aromatic rings. The van der Waals surface area contributed by atoms with Gasteiger partial charge in [-0.3, -0.25) is 0 Å². The van der Waals surface area contributed by atoms with Crippen molar-refractivity contribution in [3.05, 3.63) is 33.5 Å². The molecule has 3 heteroatoms. The predicted octanol–water partition coefficient (Wildman–Crippen LogP) is 5.85. The summed E-state index contributed by atoms with van der Waals surface area (Å²) in [6, 6.07) is 0. The molecule has 0 radical (unpaired) electrons. The number of rotatable bonds is 5. The van der Waals surface area contributed by atoms with Gasteiger partial charge in [0.25, 0.3) is 0 Å². The second-order valence-electron chi connectivity index (χ2n) is 6.22. The molecule has 0 aromatic carbocycles. The van der Waals surface area contributed by atoms with Crippen LogP contribution in [0.1, 0.15) is 34.6 Å². The van der Waals surface area contributed by atoms with E-state index in [0.29, 0.717) is 6.61 Å². The number of halogens is 1. The van der Waals surface area contributed by atoms with Crippen molar-refractivity contribution in [2.24, 2.45) is 0 Å². The molecule has 0 rings (SSSR count). The van der Waals surface area contributed by atoms with Crippen LogP contribution in [-0.2, 0) is 4.43 Å². The Balaban J connectivity index is 4.33. The average Bonchev–Trinajstić information content (AvgIpc) is 2.22. The molecular weight excluding hydrogens is 351 g/mol. The molecule has 0 N–H and O–H groups in total. The Morgan fingerprint density at radius 1 is 1.17 bits per heavy atom. The molecule has 0 aliphatic carbocycles. The third-order valence-corrected chi connectivity index (χ3v) is 8.84. The lowest BCUT2D eigenvalue weighted by Crippen LogP contribution is -2.40. The van der Waals surface area contributed by atoms with Crippen molar-refractivity contribution in [1.29, 1.82) is 0 Å². The molecule has 0 bridgehead atoms. The maximum absolute atomic E-state index is 6.08. The molecule has 0 amide bonds. The van der Waals surface area contributed by atoms with Gasteiger partial charge >= 0.3 is 0 Å². The summed E-state index contributed by atoms with van der Waals surface area (Å²) in [6.45, 7) is 16.3. The molecule has 0 saturated heterocycles. The fourth-order valence-electron chi connectivity index (χ4n) is 1.15. The van der Waals surface area contributed by atoms with E-state index in [9.17, 15) is 0 Å². The van der Waals surface area contributed by atoms with Crippen LogP contribution in [0.4, 0.5) is 0 Å². The highest BCUT2D eigenvalue weighted by Gasteiger charge is 2.36. The van der Waals surface area contributed by atoms with Crippen molar-refractivity contribution in [2.75, 3.05) is 6.61 Å². The van der Waals surface area contributed by atoms with Gasteiger partial charge in [0.1, 0.15) is 0 Å². The summed E-state index contributed by atoms with van der Waals surface area (Å²) in [7, 11) is -1.60. The standard InChI is InChI=1S/C15H27IOSi/c1-13(11-14(2)12-16)9-8-10-17-18(6,7)15(3,4)5/h8-9,11-12H,10H2,1-7H3/b9-8+,13-11-,14-12+. The van der Waals surface area contributed by atoms with Crippen molar-refractivity contribution in [2.45, 2.75) is 52.8 Å². The smallest absolute Gasteiger partial charge is 0.192 e. The number of hydrogen-bond acceptors (Lipinski definition) is 1. The molecule has 18 heavy (non-hydrogen) atoms. The third kappa shape index (κ3) is 6.90. The summed E-state index contributed by atoms with van der Waals surface area (Å²) < 4.78 is 8.17. The lowest BCUT2D eigenvalue weighted by molar-refractivity contribution is 0.328. The fraction of sp³-hybridized carbons (Fsp3) is 0.600. The van der Waals surface area contributed by atoms with Crippen LogP contribution in [0.5, 0.6) is 0 Å². The lowest BCUT2D eigenvalue weighted by atomic mass is 10.2. The van der Waals surface area contributed by atoms with Gasteiger partial charge in [0, 0.05) is 0 Å². The van der Waals surface area contributed by atoms with E-state index in [1.165, 1.54) is 11.1 Å².